The molecular formula is C37H36F3N6O5+. The second-order valence-corrected chi connectivity index (χ2v) is 12.4. The molecule has 6 rings (SSSR count). The Morgan fingerprint density at radius 3 is 2.51 bits per heavy atom. The van der Waals surface area contributed by atoms with Gasteiger partial charge in [-0.05, 0) is 73.4 Å². The van der Waals surface area contributed by atoms with E-state index in [4.69, 9.17) is 4.74 Å². The van der Waals surface area contributed by atoms with E-state index in [2.05, 4.69) is 20.9 Å². The van der Waals surface area contributed by atoms with Gasteiger partial charge in [0.2, 0.25) is 5.91 Å². The molecule has 1 fully saturated rings. The number of amides is 4. The highest BCUT2D eigenvalue weighted by molar-refractivity contribution is 6.42. The quantitative estimate of drug-likeness (QED) is 0.105. The molecule has 3 aromatic carbocycles. The number of fused-ring (bicyclic) bond motifs is 1. The molecule has 1 aromatic heterocycles. The standard InChI is InChI=1S/C37H35F3N6O5/c1-45-21-31(43-22-45)29-18-24(7-12-30(29)42-19-23-5-8-26(9-6-23)37(38,39)40)34(48)41-15-3-2-4-16-51-27-10-11-28-25(17-27)20-46(36(28)50)32-13-14-33(47)44-35(32)49/h5-12,17-18,21-22H,2-4,13-16,19-20H2,1H3,(H2-,41,42,44,47,48,49)/p+1. The summed E-state index contributed by atoms with van der Waals surface area (Å²) in [6.45, 7) is 1.43. The number of hydrogen-bond acceptors (Lipinski definition) is 7. The Hall–Kier alpha value is -5.79. The van der Waals surface area contributed by atoms with E-state index in [9.17, 15) is 32.3 Å². The fourth-order valence-electron chi connectivity index (χ4n) is 5.98. The number of carbonyl (C=O) groups is 4. The van der Waals surface area contributed by atoms with Crippen LogP contribution in [-0.2, 0) is 35.9 Å². The summed E-state index contributed by atoms with van der Waals surface area (Å²) in [5.74, 6) is -0.769. The van der Waals surface area contributed by atoms with Crippen LogP contribution in [0.5, 0.6) is 5.75 Å². The van der Waals surface area contributed by atoms with E-state index in [0.717, 1.165) is 37.0 Å². The number of piperidine rings is 1. The highest BCUT2D eigenvalue weighted by Crippen LogP contribution is 2.31. The Labute approximate surface area is 291 Å². The summed E-state index contributed by atoms with van der Waals surface area (Å²) in [4.78, 5) is 54.1. The number of imidazole rings is 1. The Bertz CT molecular complexity index is 2020. The maximum atomic E-state index is 13.0. The lowest BCUT2D eigenvalue weighted by molar-refractivity contribution is -0.438. The summed E-state index contributed by atoms with van der Waals surface area (Å²) in [7, 11) is 1.83. The van der Waals surface area contributed by atoms with Gasteiger partial charge in [0.15, 0.2) is 6.54 Å². The minimum Gasteiger partial charge on any atom is -0.494 e. The van der Waals surface area contributed by atoms with E-state index in [0.29, 0.717) is 58.2 Å². The van der Waals surface area contributed by atoms with Crippen LogP contribution in [0.15, 0.2) is 73.2 Å². The maximum absolute atomic E-state index is 13.0. The molecule has 4 amide bonds. The molecule has 1 saturated heterocycles. The lowest BCUT2D eigenvalue weighted by Crippen LogP contribution is -2.45. The molecule has 2 aliphatic heterocycles. The van der Waals surface area contributed by atoms with Crippen LogP contribution in [-0.4, -0.2) is 56.6 Å². The molecule has 0 bridgehead atoms. The van der Waals surface area contributed by atoms with Crippen molar-refractivity contribution in [2.75, 3.05) is 18.5 Å². The van der Waals surface area contributed by atoms with E-state index in [1.54, 1.807) is 47.3 Å². The van der Waals surface area contributed by atoms with Crippen LogP contribution in [0.4, 0.5) is 18.9 Å². The van der Waals surface area contributed by atoms with Crippen molar-refractivity contribution in [3.05, 3.63) is 101 Å². The van der Waals surface area contributed by atoms with Crippen molar-refractivity contribution in [1.29, 1.82) is 0 Å². The molecule has 0 atom stereocenters. The van der Waals surface area contributed by atoms with E-state index in [-0.39, 0.29) is 43.7 Å². The number of halogens is 3. The molecule has 0 saturated carbocycles. The minimum absolute atomic E-state index is 0.163. The summed E-state index contributed by atoms with van der Waals surface area (Å²) < 4.78 is 47.9. The highest BCUT2D eigenvalue weighted by atomic mass is 19.4. The zero-order valence-corrected chi connectivity index (χ0v) is 27.8. The molecule has 0 radical (unpaired) electrons. The first-order valence-electron chi connectivity index (χ1n) is 16.5. The van der Waals surface area contributed by atoms with Crippen LogP contribution in [0.1, 0.15) is 69.5 Å². The van der Waals surface area contributed by atoms with Crippen LogP contribution in [0.2, 0.25) is 0 Å². The van der Waals surface area contributed by atoms with Crippen LogP contribution < -0.4 is 20.7 Å². The third-order valence-corrected chi connectivity index (χ3v) is 8.71. The number of nitrogens with zero attached hydrogens (tertiary/aromatic N) is 3. The molecule has 3 heterocycles. The number of ether oxygens (including phenoxy) is 1. The molecule has 14 heteroatoms. The predicted octanol–water partition coefficient (Wildman–Crippen LogP) is 5.24. The Kier molecular flexibility index (Phi) is 10.3. The predicted molar refractivity (Wildman–Crippen MR) is 181 cm³/mol. The molecule has 2 aliphatic rings. The zero-order chi connectivity index (χ0) is 36.1. The van der Waals surface area contributed by atoms with E-state index in [1.165, 1.54) is 16.7 Å². The average Bonchev–Trinajstić information content (AvgIpc) is 3.68. The molecule has 51 heavy (non-hydrogen) atoms. The number of aromatic nitrogens is 2. The van der Waals surface area contributed by atoms with Gasteiger partial charge in [0, 0.05) is 61.6 Å². The second-order valence-electron chi connectivity index (χ2n) is 12.4. The molecule has 11 nitrogen and oxygen atoms in total. The van der Waals surface area contributed by atoms with Gasteiger partial charge in [-0.3, -0.25) is 19.7 Å². The van der Waals surface area contributed by atoms with Crippen molar-refractivity contribution in [3.63, 3.8) is 0 Å². The van der Waals surface area contributed by atoms with Gasteiger partial charge < -0.3 is 19.9 Å². The van der Waals surface area contributed by atoms with Crippen LogP contribution in [0.25, 0.3) is 11.3 Å². The maximum Gasteiger partial charge on any atom is 0.420 e. The Morgan fingerprint density at radius 2 is 1.78 bits per heavy atom. The molecule has 0 unspecified atom stereocenters. The summed E-state index contributed by atoms with van der Waals surface area (Å²) in [6, 6.07) is 15.4. The van der Waals surface area contributed by atoms with E-state index < -0.39 is 17.6 Å². The minimum atomic E-state index is -4.40. The lowest BCUT2D eigenvalue weighted by atomic mass is 10.0. The van der Waals surface area contributed by atoms with Gasteiger partial charge in [-0.25, -0.2) is 9.78 Å². The highest BCUT2D eigenvalue weighted by Gasteiger charge is 2.40. The van der Waals surface area contributed by atoms with Crippen molar-refractivity contribution in [3.8, 4) is 17.0 Å². The fraction of sp³-hybridized carbons (Fsp3) is 0.297. The molecular weight excluding hydrogens is 665 g/mol. The van der Waals surface area contributed by atoms with Crippen molar-refractivity contribution in [2.45, 2.75) is 51.4 Å². The molecule has 0 aliphatic carbocycles. The number of carbonyl (C=O) groups excluding carboxylic acids is 4. The summed E-state index contributed by atoms with van der Waals surface area (Å²) >= 11 is 0. The first-order valence-corrected chi connectivity index (χ1v) is 16.5. The van der Waals surface area contributed by atoms with Crippen molar-refractivity contribution < 1.29 is 41.7 Å². The van der Waals surface area contributed by atoms with Gasteiger partial charge in [0.25, 0.3) is 11.6 Å². The Balaban J connectivity index is 0.971. The van der Waals surface area contributed by atoms with Crippen molar-refractivity contribution in [2.24, 2.45) is 7.05 Å². The number of aryl methyl sites for hydroxylation is 1. The van der Waals surface area contributed by atoms with Crippen molar-refractivity contribution >= 4 is 35.0 Å². The lowest BCUT2D eigenvalue weighted by Gasteiger charge is -2.14. The number of hydrogen-bond donors (Lipinski definition) is 3. The van der Waals surface area contributed by atoms with Gasteiger partial charge in [-0.1, -0.05) is 12.1 Å². The third kappa shape index (κ3) is 8.34. The second kappa shape index (κ2) is 15.0. The molecule has 264 valence electrons. The Morgan fingerprint density at radius 1 is 0.980 bits per heavy atom. The monoisotopic (exact) mass is 701 g/mol. The number of anilines is 1. The van der Waals surface area contributed by atoms with Gasteiger partial charge >= 0.3 is 18.0 Å². The SMILES string of the molecule is Cn1cnc(-c2cc(C(=O)NCCCCCOc3ccc4c(c3)C[N+](=C3CCC(=O)NC3=O)C4=O)ccc2NCc2ccc(C(F)(F)F)cc2)c1. The average molecular weight is 702 g/mol. The number of rotatable bonds is 12. The smallest absolute Gasteiger partial charge is 0.420 e. The van der Waals surface area contributed by atoms with Gasteiger partial charge in [-0.15, -0.1) is 0 Å². The molecule has 4 aromatic rings. The number of alkyl halides is 3. The number of nitrogens with one attached hydrogen (secondary N) is 3. The number of benzene rings is 3. The first kappa shape index (κ1) is 35.1. The van der Waals surface area contributed by atoms with Crippen LogP contribution >= 0.6 is 0 Å². The number of unbranched alkanes of at least 4 members (excludes halogenated alkanes) is 2. The molecule has 0 spiro atoms. The van der Waals surface area contributed by atoms with Gasteiger partial charge in [0.05, 0.1) is 24.2 Å². The van der Waals surface area contributed by atoms with Gasteiger partial charge in [-0.2, -0.15) is 17.7 Å². The summed E-state index contributed by atoms with van der Waals surface area (Å²) in [5, 5.41) is 8.48. The topological polar surface area (TPSA) is 134 Å². The van der Waals surface area contributed by atoms with Crippen LogP contribution in [0, 0.1) is 0 Å². The van der Waals surface area contributed by atoms with Crippen molar-refractivity contribution in [1.82, 2.24) is 20.2 Å². The van der Waals surface area contributed by atoms with E-state index >= 15 is 0 Å². The summed E-state index contributed by atoms with van der Waals surface area (Å²) in [5.41, 5.74) is 3.98. The normalized spacial score (nSPS) is 15.8. The third-order valence-electron chi connectivity index (χ3n) is 8.71. The first-order chi connectivity index (χ1) is 24.5. The van der Waals surface area contributed by atoms with E-state index in [1.807, 2.05) is 13.2 Å². The molecule has 3 N–H and O–H groups in total. The number of imide groups is 1. The van der Waals surface area contributed by atoms with Gasteiger partial charge in [0.1, 0.15) is 11.3 Å². The zero-order valence-electron chi connectivity index (χ0n) is 27.8. The fourth-order valence-corrected chi connectivity index (χ4v) is 5.98. The largest absolute Gasteiger partial charge is 0.494 e. The van der Waals surface area contributed by atoms with Crippen LogP contribution in [0.3, 0.4) is 0 Å². The summed E-state index contributed by atoms with van der Waals surface area (Å²) in [6.07, 6.45) is 1.73.